The number of carbonyl (C=O) groups is 1. The highest BCUT2D eigenvalue weighted by Gasteiger charge is 2.22. The highest BCUT2D eigenvalue weighted by atomic mass is 32.1. The van der Waals surface area contributed by atoms with E-state index < -0.39 is 0 Å². The van der Waals surface area contributed by atoms with Crippen LogP contribution in [-0.2, 0) is 0 Å². The molecule has 1 aliphatic heterocycles. The summed E-state index contributed by atoms with van der Waals surface area (Å²) in [6.07, 6.45) is 3.59. The predicted molar refractivity (Wildman–Crippen MR) is 96.2 cm³/mol. The highest BCUT2D eigenvalue weighted by molar-refractivity contribution is 7.19. The first-order valence-corrected chi connectivity index (χ1v) is 8.79. The number of benzene rings is 1. The van der Waals surface area contributed by atoms with Crippen molar-refractivity contribution in [2.24, 2.45) is 0 Å². The van der Waals surface area contributed by atoms with Crippen LogP contribution in [0.3, 0.4) is 0 Å². The molecule has 8 heteroatoms. The van der Waals surface area contributed by atoms with E-state index in [4.69, 9.17) is 4.74 Å². The van der Waals surface area contributed by atoms with Crippen molar-refractivity contribution in [3.05, 3.63) is 24.3 Å². The topological polar surface area (TPSA) is 79.4 Å². The Morgan fingerprint density at radius 1 is 1.33 bits per heavy atom. The first kappa shape index (κ1) is 16.5. The molecule has 2 heterocycles. The summed E-state index contributed by atoms with van der Waals surface area (Å²) in [6, 6.07) is 7.29. The molecule has 1 aliphatic rings. The van der Waals surface area contributed by atoms with Crippen molar-refractivity contribution in [3.8, 4) is 5.75 Å². The van der Waals surface area contributed by atoms with E-state index in [1.165, 1.54) is 30.6 Å². The molecule has 1 atom stereocenters. The summed E-state index contributed by atoms with van der Waals surface area (Å²) in [5.41, 5.74) is 0.654. The molecule has 7 nitrogen and oxygen atoms in total. The van der Waals surface area contributed by atoms with E-state index in [-0.39, 0.29) is 6.03 Å². The molecule has 0 aliphatic carbocycles. The summed E-state index contributed by atoms with van der Waals surface area (Å²) < 4.78 is 5.14. The van der Waals surface area contributed by atoms with Crippen LogP contribution in [0.4, 0.5) is 20.7 Å². The van der Waals surface area contributed by atoms with E-state index in [2.05, 4.69) is 32.7 Å². The second kappa shape index (κ2) is 7.48. The molecule has 2 aromatic rings. The Kier molecular flexibility index (Phi) is 5.14. The number of piperidine rings is 1. The maximum Gasteiger partial charge on any atom is 0.325 e. The molecule has 1 fully saturated rings. The van der Waals surface area contributed by atoms with Crippen LogP contribution in [0.15, 0.2) is 24.3 Å². The van der Waals surface area contributed by atoms with E-state index in [0.717, 1.165) is 11.7 Å². The number of hydrogen-bond acceptors (Lipinski definition) is 6. The molecular formula is C16H21N5O2S. The Balaban J connectivity index is 1.60. The molecule has 0 spiro atoms. The maximum atomic E-state index is 12.1. The molecule has 0 unspecified atom stereocenters. The molecule has 2 amide bonds. The minimum atomic E-state index is -0.349. The summed E-state index contributed by atoms with van der Waals surface area (Å²) in [4.78, 5) is 14.3. The number of rotatable bonds is 4. The second-order valence-corrected chi connectivity index (χ2v) is 6.70. The van der Waals surface area contributed by atoms with Gasteiger partial charge in [0.05, 0.1) is 7.11 Å². The molecule has 24 heavy (non-hydrogen) atoms. The number of carbonyl (C=O) groups excluding carboxylic acids is 1. The van der Waals surface area contributed by atoms with E-state index in [1.807, 2.05) is 12.1 Å². The molecule has 0 saturated carbocycles. The van der Waals surface area contributed by atoms with Gasteiger partial charge in [0.2, 0.25) is 10.3 Å². The van der Waals surface area contributed by atoms with E-state index in [1.54, 1.807) is 19.2 Å². The Labute approximate surface area is 145 Å². The Morgan fingerprint density at radius 3 is 3.00 bits per heavy atom. The fourth-order valence-electron chi connectivity index (χ4n) is 2.72. The van der Waals surface area contributed by atoms with Crippen LogP contribution in [0.25, 0.3) is 0 Å². The van der Waals surface area contributed by atoms with Crippen LogP contribution in [0.1, 0.15) is 26.2 Å². The average molecular weight is 347 g/mol. The predicted octanol–water partition coefficient (Wildman–Crippen LogP) is 3.57. The Hall–Kier alpha value is -2.35. The number of nitrogens with zero attached hydrogens (tertiary/aromatic N) is 3. The summed E-state index contributed by atoms with van der Waals surface area (Å²) in [5, 5.41) is 15.1. The number of amides is 2. The van der Waals surface area contributed by atoms with Crippen molar-refractivity contribution < 1.29 is 9.53 Å². The number of ether oxygens (including phenoxy) is 1. The van der Waals surface area contributed by atoms with Crippen LogP contribution < -0.4 is 20.3 Å². The minimum Gasteiger partial charge on any atom is -0.497 e. The SMILES string of the molecule is COc1cccc(NC(=O)Nc2nnc(N3CCCC[C@H]3C)s2)c1. The third-order valence-electron chi connectivity index (χ3n) is 4.01. The van der Waals surface area contributed by atoms with Gasteiger partial charge in [-0.15, -0.1) is 10.2 Å². The zero-order chi connectivity index (χ0) is 16.9. The first-order valence-electron chi connectivity index (χ1n) is 7.98. The van der Waals surface area contributed by atoms with Gasteiger partial charge in [0, 0.05) is 24.3 Å². The first-order chi connectivity index (χ1) is 11.7. The lowest BCUT2D eigenvalue weighted by atomic mass is 10.1. The van der Waals surface area contributed by atoms with Gasteiger partial charge in [-0.2, -0.15) is 0 Å². The van der Waals surface area contributed by atoms with Gasteiger partial charge < -0.3 is 15.0 Å². The Morgan fingerprint density at radius 2 is 2.21 bits per heavy atom. The summed E-state index contributed by atoms with van der Waals surface area (Å²) in [6.45, 7) is 3.19. The lowest BCUT2D eigenvalue weighted by Gasteiger charge is -2.32. The summed E-state index contributed by atoms with van der Waals surface area (Å²) in [7, 11) is 1.59. The molecule has 0 radical (unpaired) electrons. The molecular weight excluding hydrogens is 326 g/mol. The van der Waals surface area contributed by atoms with Crippen molar-refractivity contribution in [3.63, 3.8) is 0 Å². The van der Waals surface area contributed by atoms with E-state index in [0.29, 0.717) is 22.6 Å². The zero-order valence-electron chi connectivity index (χ0n) is 13.8. The van der Waals surface area contributed by atoms with Crippen molar-refractivity contribution in [2.45, 2.75) is 32.2 Å². The van der Waals surface area contributed by atoms with Gasteiger partial charge in [-0.3, -0.25) is 5.32 Å². The van der Waals surface area contributed by atoms with Crippen LogP contribution in [0.2, 0.25) is 0 Å². The van der Waals surface area contributed by atoms with Crippen LogP contribution in [-0.4, -0.2) is 35.9 Å². The summed E-state index contributed by atoms with van der Waals surface area (Å²) in [5.74, 6) is 0.685. The van der Waals surface area contributed by atoms with Gasteiger partial charge in [-0.1, -0.05) is 17.4 Å². The normalized spacial score (nSPS) is 17.4. The molecule has 0 bridgehead atoms. The summed E-state index contributed by atoms with van der Waals surface area (Å²) >= 11 is 1.40. The third kappa shape index (κ3) is 3.94. The fraction of sp³-hybridized carbons (Fsp3) is 0.438. The maximum absolute atomic E-state index is 12.1. The van der Waals surface area contributed by atoms with Gasteiger partial charge in [0.15, 0.2) is 0 Å². The smallest absolute Gasteiger partial charge is 0.325 e. The molecule has 128 valence electrons. The fourth-order valence-corrected chi connectivity index (χ4v) is 3.59. The molecule has 1 aromatic carbocycles. The number of anilines is 3. The lowest BCUT2D eigenvalue weighted by Crippen LogP contribution is -2.37. The largest absolute Gasteiger partial charge is 0.497 e. The minimum absolute atomic E-state index is 0.349. The Bertz CT molecular complexity index is 705. The van der Waals surface area contributed by atoms with Gasteiger partial charge in [-0.05, 0) is 38.3 Å². The van der Waals surface area contributed by atoms with E-state index >= 15 is 0 Å². The van der Waals surface area contributed by atoms with Crippen molar-refractivity contribution in [1.82, 2.24) is 10.2 Å². The quantitative estimate of drug-likeness (QED) is 0.884. The molecule has 1 saturated heterocycles. The molecule has 2 N–H and O–H groups in total. The van der Waals surface area contributed by atoms with Gasteiger partial charge in [0.1, 0.15) is 5.75 Å². The van der Waals surface area contributed by atoms with Gasteiger partial charge in [-0.25, -0.2) is 4.79 Å². The van der Waals surface area contributed by atoms with Crippen molar-refractivity contribution >= 4 is 33.3 Å². The zero-order valence-corrected chi connectivity index (χ0v) is 14.6. The van der Waals surface area contributed by atoms with Crippen molar-refractivity contribution in [1.29, 1.82) is 0 Å². The van der Waals surface area contributed by atoms with Crippen molar-refractivity contribution in [2.75, 3.05) is 29.2 Å². The number of hydrogen-bond donors (Lipinski definition) is 2. The number of aromatic nitrogens is 2. The second-order valence-electron chi connectivity index (χ2n) is 5.74. The van der Waals surface area contributed by atoms with E-state index in [9.17, 15) is 4.79 Å². The number of nitrogens with one attached hydrogen (secondary N) is 2. The molecule has 1 aromatic heterocycles. The highest BCUT2D eigenvalue weighted by Crippen LogP contribution is 2.29. The van der Waals surface area contributed by atoms with Gasteiger partial charge in [0.25, 0.3) is 0 Å². The lowest BCUT2D eigenvalue weighted by molar-refractivity contribution is 0.262. The van der Waals surface area contributed by atoms with Crippen LogP contribution >= 0.6 is 11.3 Å². The van der Waals surface area contributed by atoms with Crippen LogP contribution in [0, 0.1) is 0 Å². The molecule has 3 rings (SSSR count). The number of methoxy groups -OCH3 is 1. The number of urea groups is 1. The average Bonchev–Trinajstić information content (AvgIpc) is 3.03. The monoisotopic (exact) mass is 347 g/mol. The standard InChI is InChI=1S/C16H21N5O2S/c1-11-6-3-4-9-21(11)16-20-19-15(24-16)18-14(22)17-12-7-5-8-13(10-12)23-2/h5,7-8,10-11H,3-4,6,9H2,1-2H3,(H2,17,18,19,22)/t11-/m1/s1. The van der Waals surface area contributed by atoms with Crippen LogP contribution in [0.5, 0.6) is 5.75 Å². The third-order valence-corrected chi connectivity index (χ3v) is 4.89. The van der Waals surface area contributed by atoms with Gasteiger partial charge >= 0.3 is 6.03 Å².